The van der Waals surface area contributed by atoms with Gasteiger partial charge in [-0.05, 0) is 19.1 Å². The largest absolute Gasteiger partial charge is 0.148 e. The zero-order valence-corrected chi connectivity index (χ0v) is 7.02. The van der Waals surface area contributed by atoms with Gasteiger partial charge >= 0.3 is 0 Å². The van der Waals surface area contributed by atoms with E-state index in [0.717, 1.165) is 9.83 Å². The molecular weight excluding hydrogens is 136 g/mol. The smallest absolute Gasteiger partial charge is 0.0477 e. The summed E-state index contributed by atoms with van der Waals surface area (Å²) >= 11 is 4.19. The van der Waals surface area contributed by atoms with E-state index in [9.17, 15) is 0 Å². The summed E-state index contributed by atoms with van der Waals surface area (Å²) in [6, 6.07) is 0. The van der Waals surface area contributed by atoms with Crippen molar-refractivity contribution < 1.29 is 0 Å². The average molecular weight is 148 g/mol. The van der Waals surface area contributed by atoms with Crippen molar-refractivity contribution >= 4 is 23.5 Å². The summed E-state index contributed by atoms with van der Waals surface area (Å²) in [5.41, 5.74) is 0. The summed E-state index contributed by atoms with van der Waals surface area (Å²) in [6.07, 6.45) is 1.40. The predicted octanol–water partition coefficient (Wildman–Crippen LogP) is 2.59. The highest BCUT2D eigenvalue weighted by atomic mass is 32.2. The fourth-order valence-electron chi connectivity index (χ4n) is 0.834. The van der Waals surface area contributed by atoms with Gasteiger partial charge in [0.05, 0.1) is 0 Å². The van der Waals surface area contributed by atoms with Crippen LogP contribution in [-0.2, 0) is 0 Å². The number of rotatable bonds is 0. The third-order valence-corrected chi connectivity index (χ3v) is 4.07. The zero-order chi connectivity index (χ0) is 5.98. The molecule has 0 aliphatic carbocycles. The first kappa shape index (κ1) is 6.81. The average Bonchev–Trinajstić information content (AvgIpc) is 1.64. The van der Waals surface area contributed by atoms with Crippen LogP contribution in [0.15, 0.2) is 0 Å². The maximum atomic E-state index is 2.32. The summed E-state index contributed by atoms with van der Waals surface area (Å²) in [5.74, 6) is 1.37. The minimum Gasteiger partial charge on any atom is -0.148 e. The molecule has 1 aliphatic rings. The molecule has 0 aromatic rings. The van der Waals surface area contributed by atoms with Gasteiger partial charge in [-0.25, -0.2) is 0 Å². The van der Waals surface area contributed by atoms with Crippen molar-refractivity contribution in [1.82, 2.24) is 0 Å². The van der Waals surface area contributed by atoms with Crippen LogP contribution in [0, 0.1) is 0 Å². The second kappa shape index (κ2) is 3.02. The second-order valence-corrected chi connectivity index (χ2v) is 5.70. The Balaban J connectivity index is 2.23. The van der Waals surface area contributed by atoms with Crippen molar-refractivity contribution in [2.45, 2.75) is 30.1 Å². The summed E-state index contributed by atoms with van der Waals surface area (Å²) in [5, 5.41) is 0.909. The van der Waals surface area contributed by atoms with E-state index in [4.69, 9.17) is 0 Å². The van der Waals surface area contributed by atoms with Gasteiger partial charge < -0.3 is 0 Å². The highest BCUT2D eigenvalue weighted by Gasteiger charge is 2.14. The molecule has 0 saturated carbocycles. The van der Waals surface area contributed by atoms with Crippen LogP contribution >= 0.6 is 23.5 Å². The van der Waals surface area contributed by atoms with Gasteiger partial charge in [0.2, 0.25) is 0 Å². The van der Waals surface area contributed by atoms with Gasteiger partial charge in [-0.1, -0.05) is 6.92 Å². The molecule has 0 radical (unpaired) electrons. The first-order valence-corrected chi connectivity index (χ1v) is 5.05. The molecule has 2 atom stereocenters. The molecule has 48 valence electrons. The van der Waals surface area contributed by atoms with Gasteiger partial charge in [0.1, 0.15) is 0 Å². The van der Waals surface area contributed by atoms with Crippen molar-refractivity contribution in [1.29, 1.82) is 0 Å². The van der Waals surface area contributed by atoms with Gasteiger partial charge in [-0.15, -0.1) is 23.5 Å². The van der Waals surface area contributed by atoms with E-state index in [0.29, 0.717) is 0 Å². The van der Waals surface area contributed by atoms with Gasteiger partial charge in [-0.2, -0.15) is 0 Å². The molecule has 1 rings (SSSR count). The molecular formula is C6H12S2. The summed E-state index contributed by atoms with van der Waals surface area (Å²) < 4.78 is 0.846. The van der Waals surface area contributed by atoms with Crippen molar-refractivity contribution in [2.24, 2.45) is 0 Å². The van der Waals surface area contributed by atoms with Crippen LogP contribution in [-0.4, -0.2) is 15.6 Å². The van der Waals surface area contributed by atoms with Crippen LogP contribution in [0.4, 0.5) is 0 Å². The van der Waals surface area contributed by atoms with Gasteiger partial charge in [0, 0.05) is 9.83 Å². The lowest BCUT2D eigenvalue weighted by atomic mass is 10.4. The van der Waals surface area contributed by atoms with Crippen molar-refractivity contribution in [3.05, 3.63) is 0 Å². The lowest BCUT2D eigenvalue weighted by molar-refractivity contribution is 0.904. The molecule has 0 aromatic heterocycles. The van der Waals surface area contributed by atoms with Crippen molar-refractivity contribution in [3.63, 3.8) is 0 Å². The van der Waals surface area contributed by atoms with Crippen molar-refractivity contribution in [3.8, 4) is 0 Å². The van der Waals surface area contributed by atoms with Gasteiger partial charge in [0.25, 0.3) is 0 Å². The third-order valence-electron chi connectivity index (χ3n) is 1.30. The molecule has 8 heavy (non-hydrogen) atoms. The Bertz CT molecular complexity index is 64.9. The Kier molecular flexibility index (Phi) is 2.57. The Labute approximate surface area is 59.8 Å². The maximum absolute atomic E-state index is 2.32. The van der Waals surface area contributed by atoms with E-state index in [1.54, 1.807) is 0 Å². The quantitative estimate of drug-likeness (QED) is 0.518. The molecule has 0 unspecified atom stereocenters. The first-order chi connectivity index (χ1) is 3.79. The topological polar surface area (TPSA) is 0 Å². The zero-order valence-electron chi connectivity index (χ0n) is 5.39. The second-order valence-electron chi connectivity index (χ2n) is 2.17. The predicted molar refractivity (Wildman–Crippen MR) is 43.6 cm³/mol. The molecule has 1 heterocycles. The molecule has 0 aromatic carbocycles. The van der Waals surface area contributed by atoms with Crippen molar-refractivity contribution in [2.75, 3.05) is 5.75 Å². The lowest BCUT2D eigenvalue weighted by Gasteiger charge is -2.22. The number of hydrogen-bond acceptors (Lipinski definition) is 2. The normalized spacial score (nSPS) is 39.8. The van der Waals surface area contributed by atoms with E-state index in [-0.39, 0.29) is 0 Å². The van der Waals surface area contributed by atoms with E-state index in [2.05, 4.69) is 37.4 Å². The molecule has 1 fully saturated rings. The van der Waals surface area contributed by atoms with E-state index in [1.807, 2.05) is 0 Å². The highest BCUT2D eigenvalue weighted by Crippen LogP contribution is 2.34. The molecule has 0 N–H and O–H groups in total. The molecule has 1 saturated heterocycles. The van der Waals surface area contributed by atoms with Crippen LogP contribution in [0.3, 0.4) is 0 Å². The Hall–Kier alpha value is 0.700. The Morgan fingerprint density at radius 1 is 1.38 bits per heavy atom. The standard InChI is InChI=1S/C6H12S2/c1-5-3-4-7-6(2)8-5/h5-6H,3-4H2,1-2H3/t5-,6-/m1/s1. The number of hydrogen-bond donors (Lipinski definition) is 0. The minimum atomic E-state index is 0.846. The van der Waals surface area contributed by atoms with Crippen LogP contribution in [0.1, 0.15) is 20.3 Å². The van der Waals surface area contributed by atoms with E-state index in [1.165, 1.54) is 12.2 Å². The Morgan fingerprint density at radius 3 is 2.50 bits per heavy atom. The first-order valence-electron chi connectivity index (χ1n) is 3.06. The third kappa shape index (κ3) is 1.90. The summed E-state index contributed by atoms with van der Waals surface area (Å²) in [4.78, 5) is 0. The monoisotopic (exact) mass is 148 g/mol. The number of thioether (sulfide) groups is 2. The molecule has 0 amide bonds. The van der Waals surface area contributed by atoms with E-state index >= 15 is 0 Å². The van der Waals surface area contributed by atoms with Gasteiger partial charge in [-0.3, -0.25) is 0 Å². The lowest BCUT2D eigenvalue weighted by Crippen LogP contribution is -2.09. The van der Waals surface area contributed by atoms with E-state index < -0.39 is 0 Å². The molecule has 0 bridgehead atoms. The van der Waals surface area contributed by atoms with Gasteiger partial charge in [0.15, 0.2) is 0 Å². The Morgan fingerprint density at radius 2 is 2.12 bits per heavy atom. The van der Waals surface area contributed by atoms with Crippen LogP contribution < -0.4 is 0 Å². The van der Waals surface area contributed by atoms with Crippen LogP contribution in [0.25, 0.3) is 0 Å². The summed E-state index contributed by atoms with van der Waals surface area (Å²) in [6.45, 7) is 4.62. The SMILES string of the molecule is C[C@@H]1SCC[C@@H](C)S1. The maximum Gasteiger partial charge on any atom is 0.0477 e. The fourth-order valence-corrected chi connectivity index (χ4v) is 3.89. The molecule has 1 aliphatic heterocycles. The minimum absolute atomic E-state index is 0.846. The molecule has 0 nitrogen and oxygen atoms in total. The molecule has 0 spiro atoms. The van der Waals surface area contributed by atoms with Crippen LogP contribution in [0.2, 0.25) is 0 Å². The summed E-state index contributed by atoms with van der Waals surface area (Å²) in [7, 11) is 0. The highest BCUT2D eigenvalue weighted by molar-refractivity contribution is 8.17. The molecule has 2 heteroatoms. The van der Waals surface area contributed by atoms with Crippen LogP contribution in [0.5, 0.6) is 0 Å². The fraction of sp³-hybridized carbons (Fsp3) is 1.00.